The number of ether oxygens (including phenoxy) is 1. The zero-order chi connectivity index (χ0) is 17.1. The molecule has 2 aromatic carbocycles. The Kier molecular flexibility index (Phi) is 5.19. The molecule has 0 fully saturated rings. The van der Waals surface area contributed by atoms with Crippen molar-refractivity contribution in [2.75, 3.05) is 0 Å². The van der Waals surface area contributed by atoms with Gasteiger partial charge in [0.1, 0.15) is 11.4 Å². The Hall–Kier alpha value is -1.76. The van der Waals surface area contributed by atoms with Gasteiger partial charge in [0, 0.05) is 6.42 Å². The maximum atomic E-state index is 6.42. The van der Waals surface area contributed by atoms with E-state index in [4.69, 9.17) is 4.74 Å². The summed E-state index contributed by atoms with van der Waals surface area (Å²) in [6.07, 6.45) is 2.24. The third-order valence-corrected chi connectivity index (χ3v) is 4.45. The highest BCUT2D eigenvalue weighted by molar-refractivity contribution is 5.44. The van der Waals surface area contributed by atoms with E-state index >= 15 is 0 Å². The molecule has 23 heavy (non-hydrogen) atoms. The van der Waals surface area contributed by atoms with Gasteiger partial charge in [0.05, 0.1) is 0 Å². The van der Waals surface area contributed by atoms with Crippen LogP contribution in [0.2, 0.25) is 0 Å². The zero-order valence-corrected chi connectivity index (χ0v) is 15.4. The van der Waals surface area contributed by atoms with Gasteiger partial charge in [0.25, 0.3) is 0 Å². The van der Waals surface area contributed by atoms with Gasteiger partial charge in [-0.05, 0) is 42.0 Å². The van der Waals surface area contributed by atoms with Crippen molar-refractivity contribution < 1.29 is 4.74 Å². The lowest BCUT2D eigenvalue weighted by Crippen LogP contribution is -2.42. The fourth-order valence-corrected chi connectivity index (χ4v) is 3.65. The second-order valence-corrected chi connectivity index (χ2v) is 7.41. The molecule has 124 valence electrons. The quantitative estimate of drug-likeness (QED) is 0.593. The van der Waals surface area contributed by atoms with Gasteiger partial charge >= 0.3 is 0 Å². The summed E-state index contributed by atoms with van der Waals surface area (Å²) in [7, 11) is 0. The molecule has 0 amide bonds. The first-order valence-corrected chi connectivity index (χ1v) is 8.68. The molecule has 0 bridgehead atoms. The Bertz CT molecular complexity index is 657. The summed E-state index contributed by atoms with van der Waals surface area (Å²) in [6, 6.07) is 17.0. The molecule has 0 radical (unpaired) electrons. The van der Waals surface area contributed by atoms with Crippen LogP contribution in [0.15, 0.2) is 48.5 Å². The molecule has 1 aliphatic heterocycles. The lowest BCUT2D eigenvalue weighted by molar-refractivity contribution is 0.0319. The molecule has 1 unspecified atom stereocenters. The largest absolute Gasteiger partial charge is 0.483 e. The Balaban J connectivity index is 0.000000595. The first-order chi connectivity index (χ1) is 10.8. The van der Waals surface area contributed by atoms with Crippen molar-refractivity contribution in [1.82, 2.24) is 0 Å². The van der Waals surface area contributed by atoms with Crippen LogP contribution in [0.25, 0.3) is 0 Å². The first-order valence-electron chi connectivity index (χ1n) is 8.68. The van der Waals surface area contributed by atoms with Gasteiger partial charge < -0.3 is 4.74 Å². The van der Waals surface area contributed by atoms with E-state index < -0.39 is 0 Å². The molecule has 1 aliphatic rings. The van der Waals surface area contributed by atoms with Crippen LogP contribution < -0.4 is 4.74 Å². The van der Waals surface area contributed by atoms with Crippen LogP contribution in [-0.4, -0.2) is 0 Å². The number of benzene rings is 2. The summed E-state index contributed by atoms with van der Waals surface area (Å²) >= 11 is 0. The van der Waals surface area contributed by atoms with E-state index in [0.29, 0.717) is 0 Å². The average molecular weight is 310 g/mol. The number of rotatable bonds is 1. The van der Waals surface area contributed by atoms with Crippen molar-refractivity contribution in [1.29, 1.82) is 0 Å². The van der Waals surface area contributed by atoms with Crippen molar-refractivity contribution in [3.05, 3.63) is 65.2 Å². The molecule has 0 spiro atoms. The minimum absolute atomic E-state index is 0.117. The molecule has 1 heterocycles. The minimum atomic E-state index is -0.261. The number of hydrogen-bond donors (Lipinski definition) is 0. The van der Waals surface area contributed by atoms with Crippen molar-refractivity contribution in [3.63, 3.8) is 0 Å². The summed E-state index contributed by atoms with van der Waals surface area (Å²) in [5.74, 6) is 1.02. The number of para-hydroxylation sites is 1. The van der Waals surface area contributed by atoms with Crippen molar-refractivity contribution >= 4 is 0 Å². The van der Waals surface area contributed by atoms with Crippen molar-refractivity contribution in [2.24, 2.45) is 0 Å². The fraction of sp³-hybridized carbons (Fsp3) is 0.455. The molecule has 0 saturated carbocycles. The van der Waals surface area contributed by atoms with Crippen LogP contribution in [-0.2, 0) is 11.0 Å². The Morgan fingerprint density at radius 2 is 1.39 bits per heavy atom. The number of aryl methyl sites for hydroxylation is 1. The zero-order valence-electron chi connectivity index (χ0n) is 15.4. The Morgan fingerprint density at radius 1 is 0.870 bits per heavy atom. The normalized spacial score (nSPS) is 21.5. The summed E-state index contributed by atoms with van der Waals surface area (Å²) in [4.78, 5) is 0. The van der Waals surface area contributed by atoms with Crippen molar-refractivity contribution in [2.45, 2.75) is 65.4 Å². The van der Waals surface area contributed by atoms with E-state index in [2.05, 4.69) is 90.1 Å². The number of hydrogen-bond acceptors (Lipinski definition) is 1. The standard InChI is InChI=1S/C19H22O.C3H8/c1-14-9-5-6-10-15(14)19(4)13-18(2,3)16-11-7-8-12-17(16)20-19;1-3-2/h5-12H,13H2,1-4H3;3H2,1-2H3. The molecule has 1 heteroatoms. The molecule has 1 nitrogen and oxygen atoms in total. The maximum Gasteiger partial charge on any atom is 0.132 e. The van der Waals surface area contributed by atoms with Gasteiger partial charge in [0.15, 0.2) is 0 Å². The second kappa shape index (κ2) is 6.78. The Labute approximate surface area is 141 Å². The third-order valence-electron chi connectivity index (χ3n) is 4.45. The molecular formula is C22H30O. The molecule has 0 saturated heterocycles. The van der Waals surface area contributed by atoms with Crippen LogP contribution >= 0.6 is 0 Å². The predicted octanol–water partition coefficient (Wildman–Crippen LogP) is 6.39. The van der Waals surface area contributed by atoms with E-state index in [1.54, 1.807) is 0 Å². The monoisotopic (exact) mass is 310 g/mol. The van der Waals surface area contributed by atoms with E-state index in [1.165, 1.54) is 23.1 Å². The molecule has 2 aromatic rings. The van der Waals surface area contributed by atoms with E-state index in [0.717, 1.165) is 12.2 Å². The smallest absolute Gasteiger partial charge is 0.132 e. The predicted molar refractivity (Wildman–Crippen MR) is 99.2 cm³/mol. The highest BCUT2D eigenvalue weighted by Crippen LogP contribution is 2.48. The highest BCUT2D eigenvalue weighted by Gasteiger charge is 2.43. The highest BCUT2D eigenvalue weighted by atomic mass is 16.5. The van der Waals surface area contributed by atoms with Gasteiger partial charge in [-0.15, -0.1) is 0 Å². The molecule has 3 rings (SSSR count). The third kappa shape index (κ3) is 3.60. The SMILES string of the molecule is CCC.Cc1ccccc1C1(C)CC(C)(C)c2ccccc2O1. The molecular weight excluding hydrogens is 280 g/mol. The van der Waals surface area contributed by atoms with Gasteiger partial charge in [0.2, 0.25) is 0 Å². The fourth-order valence-electron chi connectivity index (χ4n) is 3.65. The lowest BCUT2D eigenvalue weighted by Gasteiger charge is -2.45. The first kappa shape index (κ1) is 17.6. The Morgan fingerprint density at radius 3 is 2.00 bits per heavy atom. The topological polar surface area (TPSA) is 9.23 Å². The van der Waals surface area contributed by atoms with Crippen LogP contribution in [0.3, 0.4) is 0 Å². The van der Waals surface area contributed by atoms with Gasteiger partial charge in [-0.3, -0.25) is 0 Å². The minimum Gasteiger partial charge on any atom is -0.483 e. The number of fused-ring (bicyclic) bond motifs is 1. The van der Waals surface area contributed by atoms with Crippen LogP contribution in [0.5, 0.6) is 5.75 Å². The van der Waals surface area contributed by atoms with E-state index in [-0.39, 0.29) is 11.0 Å². The van der Waals surface area contributed by atoms with Crippen LogP contribution in [0.4, 0.5) is 0 Å². The van der Waals surface area contributed by atoms with E-state index in [9.17, 15) is 0 Å². The van der Waals surface area contributed by atoms with E-state index in [1.807, 2.05) is 0 Å². The summed E-state index contributed by atoms with van der Waals surface area (Å²) in [5.41, 5.74) is 3.76. The summed E-state index contributed by atoms with van der Waals surface area (Å²) in [5, 5.41) is 0. The van der Waals surface area contributed by atoms with Crippen LogP contribution in [0.1, 0.15) is 64.2 Å². The summed E-state index contributed by atoms with van der Waals surface area (Å²) in [6.45, 7) is 13.3. The van der Waals surface area contributed by atoms with Gasteiger partial charge in [-0.25, -0.2) is 0 Å². The van der Waals surface area contributed by atoms with Crippen molar-refractivity contribution in [3.8, 4) is 5.75 Å². The lowest BCUT2D eigenvalue weighted by atomic mass is 9.70. The van der Waals surface area contributed by atoms with Gasteiger partial charge in [-0.2, -0.15) is 0 Å². The molecule has 0 N–H and O–H groups in total. The molecule has 1 atom stereocenters. The molecule has 0 aromatic heterocycles. The average Bonchev–Trinajstić information content (AvgIpc) is 2.47. The van der Waals surface area contributed by atoms with Gasteiger partial charge in [-0.1, -0.05) is 76.6 Å². The summed E-state index contributed by atoms with van der Waals surface area (Å²) < 4.78 is 6.42. The molecule has 0 aliphatic carbocycles. The maximum absolute atomic E-state index is 6.42. The second-order valence-electron chi connectivity index (χ2n) is 7.41. The van der Waals surface area contributed by atoms with Crippen LogP contribution in [0, 0.1) is 6.92 Å².